The van der Waals surface area contributed by atoms with Gasteiger partial charge in [-0.15, -0.1) is 0 Å². The number of hydrogen-bond acceptors (Lipinski definition) is 5. The Hall–Kier alpha value is 0.0169. The van der Waals surface area contributed by atoms with Crippen LogP contribution in [0.1, 0.15) is 0 Å². The van der Waals surface area contributed by atoms with Gasteiger partial charge in [-0.25, -0.2) is 0 Å². The van der Waals surface area contributed by atoms with Crippen molar-refractivity contribution in [1.82, 2.24) is 12.3 Å². The zero-order valence-corrected chi connectivity index (χ0v) is 7.37. The Bertz CT molecular complexity index is 38.5. The number of hydrogen-bond donors (Lipinski definition) is 2. The molecule has 0 heterocycles. The third-order valence-electron chi connectivity index (χ3n) is 0.577. The molecule has 9 heavy (non-hydrogen) atoms. The van der Waals surface area contributed by atoms with Gasteiger partial charge in [-0.2, -0.15) is 0 Å². The fraction of sp³-hybridized carbons (Fsp3) is 1.00. The van der Waals surface area contributed by atoms with Gasteiger partial charge in [0.2, 0.25) is 0 Å². The molecule has 0 atom stereocenters. The average molecular weight is 156 g/mol. The first-order chi connectivity index (χ1) is 3.35. The fourth-order valence-corrected chi connectivity index (χ4v) is 0.866. The third-order valence-corrected chi connectivity index (χ3v) is 1.73. The molecule has 0 aliphatic rings. The van der Waals surface area contributed by atoms with E-state index < -0.39 is 9.53 Å². The van der Waals surface area contributed by atoms with Gasteiger partial charge in [0.05, 0.1) is 0 Å². The summed E-state index contributed by atoms with van der Waals surface area (Å²) in [6.07, 6.45) is 0. The van der Waals surface area contributed by atoms with E-state index in [0.717, 1.165) is 0 Å². The lowest BCUT2D eigenvalue weighted by Gasteiger charge is -2.05. The van der Waals surface area contributed by atoms with Crippen LogP contribution in [0.4, 0.5) is 0 Å². The van der Waals surface area contributed by atoms with Gasteiger partial charge in [-0.05, 0) is 0 Å². The molecule has 0 fully saturated rings. The summed E-state index contributed by atoms with van der Waals surface area (Å²) in [5, 5.41) is 0. The van der Waals surface area contributed by atoms with E-state index in [1.807, 2.05) is 0 Å². The van der Waals surface area contributed by atoms with Crippen molar-refractivity contribution in [2.45, 2.75) is 0 Å². The first kappa shape index (κ1) is 16.0. The van der Waals surface area contributed by atoms with E-state index in [1.54, 1.807) is 21.3 Å². The van der Waals surface area contributed by atoms with Crippen molar-refractivity contribution in [2.24, 2.45) is 0 Å². The van der Waals surface area contributed by atoms with Crippen LogP contribution in [0.5, 0.6) is 0 Å². The normalized spacial score (nSPS) is 8.00. The van der Waals surface area contributed by atoms with Crippen LogP contribution in [0.15, 0.2) is 0 Å². The SMILES string of the molecule is CO[SiH](OC)OC.N.N. The lowest BCUT2D eigenvalue weighted by molar-refractivity contribution is 0.163. The summed E-state index contributed by atoms with van der Waals surface area (Å²) in [7, 11) is 3.05. The molecule has 6 heteroatoms. The molecule has 6 N–H and O–H groups in total. The molecule has 0 unspecified atom stereocenters. The minimum absolute atomic E-state index is 0. The summed E-state index contributed by atoms with van der Waals surface area (Å²) in [4.78, 5) is 0. The first-order valence-corrected chi connectivity index (χ1v) is 3.35. The van der Waals surface area contributed by atoms with Gasteiger partial charge in [0.25, 0.3) is 0 Å². The van der Waals surface area contributed by atoms with E-state index in [9.17, 15) is 0 Å². The van der Waals surface area contributed by atoms with Crippen LogP contribution in [0.25, 0.3) is 0 Å². The maximum Gasteiger partial charge on any atom is 0.483 e. The predicted molar refractivity (Wildman–Crippen MR) is 38.2 cm³/mol. The molecule has 5 nitrogen and oxygen atoms in total. The molecular weight excluding hydrogens is 140 g/mol. The van der Waals surface area contributed by atoms with Gasteiger partial charge < -0.3 is 25.6 Å². The van der Waals surface area contributed by atoms with Crippen molar-refractivity contribution in [1.29, 1.82) is 0 Å². The molecular formula is C3H16N2O3Si. The monoisotopic (exact) mass is 156 g/mol. The van der Waals surface area contributed by atoms with E-state index in [4.69, 9.17) is 13.3 Å². The van der Waals surface area contributed by atoms with Gasteiger partial charge in [0.15, 0.2) is 0 Å². The molecule has 0 saturated carbocycles. The van der Waals surface area contributed by atoms with E-state index in [0.29, 0.717) is 0 Å². The highest BCUT2D eigenvalue weighted by Crippen LogP contribution is 1.81. The van der Waals surface area contributed by atoms with E-state index in [2.05, 4.69) is 0 Å². The van der Waals surface area contributed by atoms with Crippen molar-refractivity contribution < 1.29 is 13.3 Å². The van der Waals surface area contributed by atoms with Crippen LogP contribution in [0, 0.1) is 0 Å². The van der Waals surface area contributed by atoms with Crippen molar-refractivity contribution in [3.8, 4) is 0 Å². The van der Waals surface area contributed by atoms with Crippen LogP contribution >= 0.6 is 0 Å². The molecule has 0 bridgehead atoms. The van der Waals surface area contributed by atoms with Crippen molar-refractivity contribution in [3.05, 3.63) is 0 Å². The second-order valence-electron chi connectivity index (χ2n) is 0.996. The smallest absolute Gasteiger partial charge is 0.379 e. The molecule has 0 aliphatic heterocycles. The Kier molecular flexibility index (Phi) is 19.4. The molecule has 0 saturated heterocycles. The van der Waals surface area contributed by atoms with Gasteiger partial charge in [-0.1, -0.05) is 0 Å². The van der Waals surface area contributed by atoms with Crippen LogP contribution in [-0.2, 0) is 13.3 Å². The van der Waals surface area contributed by atoms with E-state index in [-0.39, 0.29) is 12.3 Å². The second-order valence-corrected chi connectivity index (χ2v) is 2.99. The maximum atomic E-state index is 4.74. The standard InChI is InChI=1S/C3H10O3Si.2H3N/c1-4-7(5-2)6-3;;/h7H,1-3H3;2*1H3. The Balaban J connectivity index is -0.000000180. The van der Waals surface area contributed by atoms with Gasteiger partial charge >= 0.3 is 9.53 Å². The van der Waals surface area contributed by atoms with Gasteiger partial charge in [-0.3, -0.25) is 0 Å². The van der Waals surface area contributed by atoms with Crippen molar-refractivity contribution in [3.63, 3.8) is 0 Å². The van der Waals surface area contributed by atoms with Crippen LogP contribution < -0.4 is 12.3 Å². The Morgan fingerprint density at radius 1 is 0.778 bits per heavy atom. The van der Waals surface area contributed by atoms with E-state index >= 15 is 0 Å². The van der Waals surface area contributed by atoms with Crippen LogP contribution in [-0.4, -0.2) is 30.9 Å². The van der Waals surface area contributed by atoms with E-state index in [1.165, 1.54) is 0 Å². The minimum Gasteiger partial charge on any atom is -0.379 e. The Morgan fingerprint density at radius 3 is 1.00 bits per heavy atom. The zero-order chi connectivity index (χ0) is 5.70. The highest BCUT2D eigenvalue weighted by Gasteiger charge is 2.04. The molecule has 60 valence electrons. The highest BCUT2D eigenvalue weighted by atomic mass is 28.3. The molecule has 0 aromatic carbocycles. The zero-order valence-electron chi connectivity index (χ0n) is 6.22. The average Bonchev–Trinajstić information content (AvgIpc) is 1.72. The minimum atomic E-state index is -1.67. The lowest BCUT2D eigenvalue weighted by Crippen LogP contribution is -2.21. The molecule has 0 radical (unpaired) electrons. The Labute approximate surface area is 57.4 Å². The van der Waals surface area contributed by atoms with Gasteiger partial charge in [0.1, 0.15) is 0 Å². The topological polar surface area (TPSA) is 97.7 Å². The predicted octanol–water partition coefficient (Wildman–Crippen LogP) is -0.0332. The summed E-state index contributed by atoms with van der Waals surface area (Å²) >= 11 is 0. The molecule has 0 spiro atoms. The second kappa shape index (κ2) is 10.9. The van der Waals surface area contributed by atoms with Crippen LogP contribution in [0.3, 0.4) is 0 Å². The molecule has 0 aromatic rings. The quantitative estimate of drug-likeness (QED) is 0.559. The number of rotatable bonds is 3. The summed E-state index contributed by atoms with van der Waals surface area (Å²) in [6.45, 7) is 0. The summed E-state index contributed by atoms with van der Waals surface area (Å²) in [5.41, 5.74) is 0. The van der Waals surface area contributed by atoms with Gasteiger partial charge in [0, 0.05) is 21.3 Å². The summed E-state index contributed by atoms with van der Waals surface area (Å²) < 4.78 is 14.2. The molecule has 0 amide bonds. The first-order valence-electron chi connectivity index (χ1n) is 1.93. The highest BCUT2D eigenvalue weighted by molar-refractivity contribution is 6.36. The largest absolute Gasteiger partial charge is 0.483 e. The summed E-state index contributed by atoms with van der Waals surface area (Å²) in [5.74, 6) is 0. The molecule has 0 aromatic heterocycles. The third kappa shape index (κ3) is 8.02. The van der Waals surface area contributed by atoms with Crippen LogP contribution in [0.2, 0.25) is 0 Å². The summed E-state index contributed by atoms with van der Waals surface area (Å²) in [6, 6.07) is 0. The van der Waals surface area contributed by atoms with Crippen molar-refractivity contribution >= 4 is 9.53 Å². The van der Waals surface area contributed by atoms with Crippen molar-refractivity contribution in [2.75, 3.05) is 21.3 Å². The fourth-order valence-electron chi connectivity index (χ4n) is 0.289. The maximum absolute atomic E-state index is 4.74. The lowest BCUT2D eigenvalue weighted by atomic mass is 11.8. The molecule has 0 rings (SSSR count). The Morgan fingerprint density at radius 2 is 1.00 bits per heavy atom. The molecule has 0 aliphatic carbocycles.